The molecule has 1 saturated heterocycles. The van der Waals surface area contributed by atoms with Crippen molar-refractivity contribution < 1.29 is 18.7 Å². The first-order valence-corrected chi connectivity index (χ1v) is 11.0. The summed E-state index contributed by atoms with van der Waals surface area (Å²) in [5.41, 5.74) is 2.28. The molecule has 1 fully saturated rings. The summed E-state index contributed by atoms with van der Waals surface area (Å²) in [4.78, 5) is 16.5. The van der Waals surface area contributed by atoms with Crippen LogP contribution in [-0.4, -0.2) is 40.3 Å². The molecular weight excluding hydrogens is 377 g/mol. The van der Waals surface area contributed by atoms with Crippen LogP contribution in [0.1, 0.15) is 34.6 Å². The lowest BCUT2D eigenvalue weighted by Crippen LogP contribution is -2.36. The van der Waals surface area contributed by atoms with E-state index < -0.39 is 12.7 Å². The summed E-state index contributed by atoms with van der Waals surface area (Å²) in [6.45, 7) is 8.33. The first kappa shape index (κ1) is 21.1. The molecule has 0 spiro atoms. The molecule has 23 heavy (non-hydrogen) atoms. The lowest BCUT2D eigenvalue weighted by Gasteiger charge is -2.42. The zero-order valence-electron chi connectivity index (χ0n) is 14.0. The van der Waals surface area contributed by atoms with E-state index in [0.29, 0.717) is 18.2 Å². The summed E-state index contributed by atoms with van der Waals surface area (Å²) in [5, 5.41) is 2.59. The van der Waals surface area contributed by atoms with Gasteiger partial charge in [-0.3, -0.25) is 0 Å². The number of thiocarbonyl (C=S) groups is 1. The van der Waals surface area contributed by atoms with Gasteiger partial charge in [-0.15, -0.1) is 0 Å². The zero-order valence-corrected chi connectivity index (χ0v) is 17.3. The van der Waals surface area contributed by atoms with E-state index in [9.17, 15) is 4.79 Å². The van der Waals surface area contributed by atoms with Crippen LogP contribution < -0.4 is 10.8 Å². The Morgan fingerprint density at radius 3 is 2.48 bits per heavy atom. The van der Waals surface area contributed by atoms with Crippen LogP contribution in [0.15, 0.2) is 0 Å². The van der Waals surface area contributed by atoms with Gasteiger partial charge in [-0.1, -0.05) is 26.1 Å². The number of carbonyl (C=O) groups excluding carboxylic acids is 1. The normalized spacial score (nSPS) is 19.4. The smallest absolute Gasteiger partial charge is 0.324 e. The molecule has 0 aliphatic carbocycles. The highest BCUT2D eigenvalue weighted by molar-refractivity contribution is 8.15. The van der Waals surface area contributed by atoms with Crippen molar-refractivity contribution in [3.8, 4) is 0 Å². The average Bonchev–Trinajstić information content (AvgIpc) is 2.44. The Morgan fingerprint density at radius 1 is 1.43 bits per heavy atom. The fraction of sp³-hybridized carbons (Fsp3) is 0.833. The summed E-state index contributed by atoms with van der Waals surface area (Å²) < 4.78 is 13.7. The Bertz CT molecular complexity index is 476. The molecule has 1 aliphatic rings. The summed E-state index contributed by atoms with van der Waals surface area (Å²) in [6.07, 6.45) is -0.617. The van der Waals surface area contributed by atoms with Gasteiger partial charge < -0.3 is 19.2 Å². The molecule has 1 amide bonds. The molecule has 0 unspecified atom stereocenters. The number of hydrogen-bond acceptors (Lipinski definition) is 7. The molecule has 2 N–H and O–H groups in total. The second-order valence-electron chi connectivity index (χ2n) is 6.07. The molecule has 11 heteroatoms. The Hall–Kier alpha value is 0.0400. The number of rotatable bonds is 5. The summed E-state index contributed by atoms with van der Waals surface area (Å²) in [7, 11) is 0. The topological polar surface area (TPSA) is 72.1 Å². The van der Waals surface area contributed by atoms with E-state index in [1.54, 1.807) is 6.92 Å². The second kappa shape index (κ2) is 8.94. The maximum atomic E-state index is 11.5. The van der Waals surface area contributed by atoms with Crippen LogP contribution in [0, 0.1) is 5.41 Å². The van der Waals surface area contributed by atoms with Crippen LogP contribution in [0.2, 0.25) is 0 Å². The molecule has 134 valence electrons. The Morgan fingerprint density at radius 2 is 2.00 bits per heavy atom. The van der Waals surface area contributed by atoms with Crippen LogP contribution in [0.5, 0.6) is 0 Å². The highest BCUT2D eigenvalue weighted by Crippen LogP contribution is 2.60. The fourth-order valence-electron chi connectivity index (χ4n) is 1.52. The molecule has 0 bridgehead atoms. The van der Waals surface area contributed by atoms with E-state index in [1.165, 1.54) is 11.9 Å². The largest absolute Gasteiger partial charge is 0.432 e. The van der Waals surface area contributed by atoms with Gasteiger partial charge in [0.2, 0.25) is 0 Å². The van der Waals surface area contributed by atoms with E-state index in [-0.39, 0.29) is 17.3 Å². The van der Waals surface area contributed by atoms with Crippen molar-refractivity contribution >= 4 is 53.7 Å². The summed E-state index contributed by atoms with van der Waals surface area (Å²) in [6, 6.07) is 0.103. The Kier molecular flexibility index (Phi) is 8.19. The fourth-order valence-corrected chi connectivity index (χ4v) is 6.40. The van der Waals surface area contributed by atoms with Gasteiger partial charge in [0.05, 0.1) is 19.1 Å². The number of amides is 1. The molecule has 0 aromatic rings. The van der Waals surface area contributed by atoms with Gasteiger partial charge in [-0.2, -0.15) is 4.08 Å². The quantitative estimate of drug-likeness (QED) is 0.238. The van der Waals surface area contributed by atoms with Crippen molar-refractivity contribution in [2.45, 2.75) is 40.7 Å². The van der Waals surface area contributed by atoms with Crippen molar-refractivity contribution in [3.05, 3.63) is 0 Å². The maximum absolute atomic E-state index is 11.5. The van der Waals surface area contributed by atoms with Crippen molar-refractivity contribution in [3.63, 3.8) is 0 Å². The number of carbonyl (C=O) groups is 1. The third kappa shape index (κ3) is 7.21. The minimum atomic E-state index is -2.55. The minimum Gasteiger partial charge on any atom is -0.324 e. The average molecular weight is 402 g/mol. The molecule has 1 rings (SSSR count). The first-order chi connectivity index (χ1) is 10.6. The van der Waals surface area contributed by atoms with Crippen LogP contribution in [-0.2, 0) is 25.7 Å². The lowest BCUT2D eigenvalue weighted by atomic mass is 9.97. The molecule has 1 aliphatic heterocycles. The summed E-state index contributed by atoms with van der Waals surface area (Å²) >= 11 is 11.7. The zero-order chi connectivity index (χ0) is 17.7. The number of nitrogens with one attached hydrogen (secondary N) is 2. The highest BCUT2D eigenvalue weighted by atomic mass is 32.5. The number of nitrogens with zero attached hydrogens (tertiary/aromatic N) is 1. The van der Waals surface area contributed by atoms with E-state index in [4.69, 9.17) is 37.9 Å². The third-order valence-corrected chi connectivity index (χ3v) is 7.98. The second-order valence-corrected chi connectivity index (χ2v) is 11.2. The summed E-state index contributed by atoms with van der Waals surface area (Å²) in [5.74, 6) is 0.281. The first-order valence-electron chi connectivity index (χ1n) is 7.09. The van der Waals surface area contributed by atoms with Gasteiger partial charge in [0, 0.05) is 11.5 Å². The molecule has 0 atom stereocenters. The van der Waals surface area contributed by atoms with Crippen LogP contribution >= 0.6 is 30.8 Å². The predicted octanol–water partition coefficient (Wildman–Crippen LogP) is 3.18. The van der Waals surface area contributed by atoms with Crippen molar-refractivity contribution in [1.82, 2.24) is 14.9 Å². The SMILES string of the molecule is CC(=S)NOC(=O)NCSN(C(C)C)P1(=S)OCC(C)(C)CO1. The van der Waals surface area contributed by atoms with Gasteiger partial charge >= 0.3 is 6.09 Å². The number of hydroxylamine groups is 1. The predicted molar refractivity (Wildman–Crippen MR) is 100 cm³/mol. The van der Waals surface area contributed by atoms with E-state index in [2.05, 4.69) is 24.6 Å². The monoisotopic (exact) mass is 401 g/mol. The van der Waals surface area contributed by atoms with Crippen LogP contribution in [0.4, 0.5) is 4.79 Å². The molecule has 0 aromatic heterocycles. The van der Waals surface area contributed by atoms with E-state index in [1.807, 2.05) is 17.9 Å². The van der Waals surface area contributed by atoms with Gasteiger partial charge in [0.1, 0.15) is 4.99 Å². The van der Waals surface area contributed by atoms with Crippen molar-refractivity contribution in [2.24, 2.45) is 5.41 Å². The molecule has 0 aromatic carbocycles. The van der Waals surface area contributed by atoms with Gasteiger partial charge in [-0.05, 0) is 44.5 Å². The Balaban J connectivity index is 2.51. The standard InChI is InChI=1S/C12H24N3O4PS3/c1-9(2)15(20(22)17-6-12(4,5)7-18-20)23-8-13-11(16)19-14-10(3)21/h9H,6-8H2,1-5H3,(H,13,16)(H,14,21). The Labute approximate surface area is 152 Å². The van der Waals surface area contributed by atoms with Crippen LogP contribution in [0.25, 0.3) is 0 Å². The van der Waals surface area contributed by atoms with Gasteiger partial charge in [-0.25, -0.2) is 10.3 Å². The molecule has 1 heterocycles. The van der Waals surface area contributed by atoms with E-state index >= 15 is 0 Å². The van der Waals surface area contributed by atoms with Gasteiger partial charge in [0.25, 0.3) is 6.64 Å². The highest BCUT2D eigenvalue weighted by Gasteiger charge is 2.39. The van der Waals surface area contributed by atoms with Crippen molar-refractivity contribution in [1.29, 1.82) is 0 Å². The van der Waals surface area contributed by atoms with E-state index in [0.717, 1.165) is 0 Å². The van der Waals surface area contributed by atoms with Crippen molar-refractivity contribution in [2.75, 3.05) is 19.1 Å². The molecule has 0 radical (unpaired) electrons. The molecule has 0 saturated carbocycles. The molecular formula is C12H24N3O4PS3. The molecule has 7 nitrogen and oxygen atoms in total. The number of hydrogen-bond donors (Lipinski definition) is 2. The minimum absolute atomic E-state index is 0.0398. The third-order valence-electron chi connectivity index (χ3n) is 2.62. The lowest BCUT2D eigenvalue weighted by molar-refractivity contribution is 0.0489. The van der Waals surface area contributed by atoms with Gasteiger partial charge in [0.15, 0.2) is 0 Å². The van der Waals surface area contributed by atoms with Crippen LogP contribution in [0.3, 0.4) is 0 Å². The maximum Gasteiger partial charge on any atom is 0.432 e.